The third-order valence-electron chi connectivity index (χ3n) is 7.30. The largest absolute Gasteiger partial charge is 0.394 e. The number of rotatable bonds is 6. The second-order valence-corrected chi connectivity index (χ2v) is 9.19. The molecule has 1 unspecified atom stereocenters. The van der Waals surface area contributed by atoms with Gasteiger partial charge in [0.1, 0.15) is 17.8 Å². The maximum Gasteiger partial charge on any atom is 0.224 e. The predicted octanol–water partition coefficient (Wildman–Crippen LogP) is 2.85. The SMILES string of the molecule is CCc1cc(C#N)ccc1[C@H](CO)NC(=O)C1CCN(c2ncnc3[nH]ccc23)CC12CC2. The number of aliphatic hydroxyl groups is 1. The number of piperidine rings is 1. The van der Waals surface area contributed by atoms with Crippen LogP contribution in [0.4, 0.5) is 5.82 Å². The molecule has 2 aliphatic rings. The van der Waals surface area contributed by atoms with Crippen LogP contribution in [0.5, 0.6) is 0 Å². The summed E-state index contributed by atoms with van der Waals surface area (Å²) in [4.78, 5) is 27.7. The van der Waals surface area contributed by atoms with Crippen LogP contribution in [0, 0.1) is 22.7 Å². The molecule has 2 fully saturated rings. The third-order valence-corrected chi connectivity index (χ3v) is 7.30. The maximum absolute atomic E-state index is 13.4. The van der Waals surface area contributed by atoms with Gasteiger partial charge in [-0.15, -0.1) is 0 Å². The van der Waals surface area contributed by atoms with Crippen molar-refractivity contribution in [2.75, 3.05) is 24.6 Å². The van der Waals surface area contributed by atoms with Gasteiger partial charge < -0.3 is 20.3 Å². The summed E-state index contributed by atoms with van der Waals surface area (Å²) in [7, 11) is 0. The highest BCUT2D eigenvalue weighted by Gasteiger charge is 2.55. The molecule has 3 aromatic rings. The Labute approximate surface area is 192 Å². The van der Waals surface area contributed by atoms with Crippen molar-refractivity contribution in [3.8, 4) is 6.07 Å². The first-order valence-corrected chi connectivity index (χ1v) is 11.6. The van der Waals surface area contributed by atoms with E-state index in [-0.39, 0.29) is 23.8 Å². The van der Waals surface area contributed by atoms with Crippen LogP contribution < -0.4 is 10.2 Å². The number of benzene rings is 1. The number of nitrogens with zero attached hydrogens (tertiary/aromatic N) is 4. The lowest BCUT2D eigenvalue weighted by Crippen LogP contribution is -2.49. The number of nitriles is 1. The molecule has 3 heterocycles. The Morgan fingerprint density at radius 1 is 1.39 bits per heavy atom. The molecular weight excluding hydrogens is 416 g/mol. The number of carbonyl (C=O) groups is 1. The second-order valence-electron chi connectivity index (χ2n) is 9.19. The van der Waals surface area contributed by atoms with E-state index in [1.54, 1.807) is 12.4 Å². The number of nitrogens with one attached hydrogen (secondary N) is 2. The van der Waals surface area contributed by atoms with E-state index in [0.717, 1.165) is 66.8 Å². The van der Waals surface area contributed by atoms with Crippen molar-refractivity contribution in [2.24, 2.45) is 11.3 Å². The Morgan fingerprint density at radius 3 is 2.97 bits per heavy atom. The molecule has 2 atom stereocenters. The Balaban J connectivity index is 1.33. The van der Waals surface area contributed by atoms with Gasteiger partial charge in [-0.2, -0.15) is 5.26 Å². The van der Waals surface area contributed by atoms with Crippen LogP contribution in [0.25, 0.3) is 11.0 Å². The molecule has 5 rings (SSSR count). The van der Waals surface area contributed by atoms with E-state index >= 15 is 0 Å². The van der Waals surface area contributed by atoms with E-state index in [0.29, 0.717) is 5.56 Å². The van der Waals surface area contributed by atoms with E-state index in [1.165, 1.54) is 0 Å². The van der Waals surface area contributed by atoms with Crippen molar-refractivity contribution in [3.05, 3.63) is 53.5 Å². The smallest absolute Gasteiger partial charge is 0.224 e. The molecule has 1 aliphatic heterocycles. The van der Waals surface area contributed by atoms with Crippen molar-refractivity contribution in [3.63, 3.8) is 0 Å². The van der Waals surface area contributed by atoms with Crippen molar-refractivity contribution < 1.29 is 9.90 Å². The minimum atomic E-state index is -0.477. The highest BCUT2D eigenvalue weighted by molar-refractivity contribution is 5.88. The van der Waals surface area contributed by atoms with Crippen molar-refractivity contribution in [2.45, 2.75) is 38.6 Å². The van der Waals surface area contributed by atoms with Gasteiger partial charge in [-0.3, -0.25) is 4.79 Å². The number of carbonyl (C=O) groups excluding carboxylic acids is 1. The van der Waals surface area contributed by atoms with E-state index in [1.807, 2.05) is 31.3 Å². The highest BCUT2D eigenvalue weighted by atomic mass is 16.3. The fourth-order valence-corrected chi connectivity index (χ4v) is 5.34. The number of hydrogen-bond acceptors (Lipinski definition) is 6. The summed E-state index contributed by atoms with van der Waals surface area (Å²) in [5, 5.41) is 23.4. The number of H-pyrrole nitrogens is 1. The maximum atomic E-state index is 13.4. The molecule has 170 valence electrons. The Hall–Kier alpha value is -3.44. The topological polar surface area (TPSA) is 118 Å². The first-order chi connectivity index (χ1) is 16.1. The number of aromatic nitrogens is 3. The molecule has 1 saturated carbocycles. The Morgan fingerprint density at radius 2 is 2.24 bits per heavy atom. The summed E-state index contributed by atoms with van der Waals surface area (Å²) in [5.41, 5.74) is 3.22. The number of anilines is 1. The fraction of sp³-hybridized carbons (Fsp3) is 0.440. The molecule has 1 saturated heterocycles. The molecule has 3 N–H and O–H groups in total. The molecule has 0 bridgehead atoms. The average molecular weight is 445 g/mol. The van der Waals surface area contributed by atoms with Gasteiger partial charge in [-0.05, 0) is 60.4 Å². The van der Waals surface area contributed by atoms with Crippen LogP contribution in [0.3, 0.4) is 0 Å². The number of aryl methyl sites for hydroxylation is 1. The van der Waals surface area contributed by atoms with E-state index in [2.05, 4.69) is 31.2 Å². The van der Waals surface area contributed by atoms with E-state index in [4.69, 9.17) is 0 Å². The summed E-state index contributed by atoms with van der Waals surface area (Å²) < 4.78 is 0. The zero-order chi connectivity index (χ0) is 23.0. The summed E-state index contributed by atoms with van der Waals surface area (Å²) in [6, 6.07) is 9.12. The second kappa shape index (κ2) is 8.49. The molecule has 33 heavy (non-hydrogen) atoms. The van der Waals surface area contributed by atoms with Gasteiger partial charge in [0.15, 0.2) is 0 Å². The average Bonchev–Trinajstić information content (AvgIpc) is 3.42. The molecule has 8 nitrogen and oxygen atoms in total. The first-order valence-electron chi connectivity index (χ1n) is 11.6. The summed E-state index contributed by atoms with van der Waals surface area (Å²) >= 11 is 0. The molecule has 1 amide bonds. The highest BCUT2D eigenvalue weighted by Crippen LogP contribution is 2.56. The predicted molar refractivity (Wildman–Crippen MR) is 124 cm³/mol. The Kier molecular flexibility index (Phi) is 5.51. The van der Waals surface area contributed by atoms with E-state index in [9.17, 15) is 15.2 Å². The van der Waals surface area contributed by atoms with Gasteiger partial charge in [0, 0.05) is 25.2 Å². The number of hydrogen-bond donors (Lipinski definition) is 3. The molecule has 0 radical (unpaired) electrons. The Bertz CT molecular complexity index is 1230. The zero-order valence-electron chi connectivity index (χ0n) is 18.7. The number of fused-ring (bicyclic) bond motifs is 1. The lowest BCUT2D eigenvalue weighted by atomic mass is 9.81. The molecular formula is C25H28N6O2. The van der Waals surface area contributed by atoms with Crippen LogP contribution in [0.15, 0.2) is 36.8 Å². The molecule has 1 aliphatic carbocycles. The number of aromatic amines is 1. The standard InChI is InChI=1S/C25H28N6O2/c1-2-17-11-16(12-26)3-4-18(17)21(13-32)30-24(33)20-6-10-31(14-25(20)7-8-25)23-19-5-9-27-22(19)28-15-29-23/h3-5,9,11,15,20-21,32H,2,6-8,10,13-14H2,1H3,(H,30,33)(H,27,28,29)/t20?,21-/m0/s1. The monoisotopic (exact) mass is 444 g/mol. The molecule has 1 aromatic carbocycles. The van der Waals surface area contributed by atoms with Crippen molar-refractivity contribution in [1.29, 1.82) is 5.26 Å². The molecule has 8 heteroatoms. The quantitative estimate of drug-likeness (QED) is 0.538. The number of aliphatic hydroxyl groups excluding tert-OH is 1. The lowest BCUT2D eigenvalue weighted by Gasteiger charge is -2.39. The van der Waals surface area contributed by atoms with Crippen molar-refractivity contribution >= 4 is 22.8 Å². The normalized spacial score (nSPS) is 19.9. The summed E-state index contributed by atoms with van der Waals surface area (Å²) in [6.07, 6.45) is 6.97. The first kappa shape index (κ1) is 21.4. The van der Waals surface area contributed by atoms with Crippen LogP contribution in [0.2, 0.25) is 0 Å². The summed E-state index contributed by atoms with van der Waals surface area (Å²) in [5.74, 6) is 0.840. The minimum Gasteiger partial charge on any atom is -0.394 e. The zero-order valence-corrected chi connectivity index (χ0v) is 18.7. The number of amides is 1. The lowest BCUT2D eigenvalue weighted by molar-refractivity contribution is -0.129. The van der Waals surface area contributed by atoms with Crippen molar-refractivity contribution in [1.82, 2.24) is 20.3 Å². The van der Waals surface area contributed by atoms with Crippen LogP contribution in [-0.2, 0) is 11.2 Å². The van der Waals surface area contributed by atoms with Gasteiger partial charge >= 0.3 is 0 Å². The van der Waals surface area contributed by atoms with Gasteiger partial charge in [0.05, 0.1) is 29.7 Å². The van der Waals surface area contributed by atoms with Gasteiger partial charge in [0.2, 0.25) is 5.91 Å². The van der Waals surface area contributed by atoms with Gasteiger partial charge in [-0.1, -0.05) is 13.0 Å². The van der Waals surface area contributed by atoms with Gasteiger partial charge in [-0.25, -0.2) is 9.97 Å². The van der Waals surface area contributed by atoms with Crippen LogP contribution in [0.1, 0.15) is 48.9 Å². The van der Waals surface area contributed by atoms with Gasteiger partial charge in [0.25, 0.3) is 0 Å². The third kappa shape index (κ3) is 3.83. The van der Waals surface area contributed by atoms with E-state index < -0.39 is 6.04 Å². The van der Waals surface area contributed by atoms with Crippen LogP contribution >= 0.6 is 0 Å². The fourth-order valence-electron chi connectivity index (χ4n) is 5.34. The van der Waals surface area contributed by atoms with Crippen LogP contribution in [-0.4, -0.2) is 45.7 Å². The molecule has 2 aromatic heterocycles. The molecule has 1 spiro atoms. The minimum absolute atomic E-state index is 0.00657. The summed E-state index contributed by atoms with van der Waals surface area (Å²) in [6.45, 7) is 3.38.